The van der Waals surface area contributed by atoms with Gasteiger partial charge in [-0.25, -0.2) is 9.78 Å². The third-order valence-corrected chi connectivity index (χ3v) is 8.08. The fourth-order valence-electron chi connectivity index (χ4n) is 5.15. The van der Waals surface area contributed by atoms with E-state index in [0.717, 1.165) is 47.9 Å². The molecular formula is C25H35BN4O3. The van der Waals surface area contributed by atoms with Gasteiger partial charge in [-0.2, -0.15) is 0 Å². The number of H-pyrrole nitrogens is 1. The lowest BCUT2D eigenvalue weighted by Gasteiger charge is -2.33. The van der Waals surface area contributed by atoms with Crippen molar-refractivity contribution in [3.8, 4) is 0 Å². The maximum atomic E-state index is 13.0. The number of hydrogen-bond donors (Lipinski definition) is 1. The Labute approximate surface area is 196 Å². The van der Waals surface area contributed by atoms with E-state index in [9.17, 15) is 4.79 Å². The van der Waals surface area contributed by atoms with E-state index in [4.69, 9.17) is 9.31 Å². The van der Waals surface area contributed by atoms with Gasteiger partial charge in [0.1, 0.15) is 5.65 Å². The molecule has 0 radical (unpaired) electrons. The molecule has 5 rings (SSSR count). The van der Waals surface area contributed by atoms with Crippen molar-refractivity contribution in [2.24, 2.45) is 0 Å². The fraction of sp³-hybridized carbons (Fsp3) is 0.600. The molecule has 0 bridgehead atoms. The molecule has 1 aliphatic carbocycles. The second-order valence-electron chi connectivity index (χ2n) is 10.7. The first kappa shape index (κ1) is 22.5. The molecule has 8 heteroatoms. The van der Waals surface area contributed by atoms with Crippen molar-refractivity contribution in [1.29, 1.82) is 0 Å². The summed E-state index contributed by atoms with van der Waals surface area (Å²) in [6.07, 6.45) is 11.6. The van der Waals surface area contributed by atoms with Crippen LogP contribution in [-0.2, 0) is 9.31 Å². The summed E-state index contributed by atoms with van der Waals surface area (Å²) in [5.74, 6) is 0. The van der Waals surface area contributed by atoms with Gasteiger partial charge in [-0.15, -0.1) is 0 Å². The van der Waals surface area contributed by atoms with E-state index in [0.29, 0.717) is 12.6 Å². The second-order valence-corrected chi connectivity index (χ2v) is 10.7. The summed E-state index contributed by atoms with van der Waals surface area (Å²) in [5, 5.41) is 1.07. The maximum Gasteiger partial charge on any atom is 0.496 e. The fourth-order valence-corrected chi connectivity index (χ4v) is 5.15. The molecule has 0 atom stereocenters. The highest BCUT2D eigenvalue weighted by molar-refractivity contribution is 6.62. The molecule has 2 aromatic heterocycles. The zero-order valence-corrected chi connectivity index (χ0v) is 20.5. The third-order valence-electron chi connectivity index (χ3n) is 8.08. The van der Waals surface area contributed by atoms with Crippen LogP contribution in [0.2, 0.25) is 0 Å². The van der Waals surface area contributed by atoms with Crippen molar-refractivity contribution in [2.75, 3.05) is 20.1 Å². The highest BCUT2D eigenvalue weighted by atomic mass is 16.7. The summed E-state index contributed by atoms with van der Waals surface area (Å²) in [7, 11) is 1.52. The zero-order chi connectivity index (χ0) is 23.4. The molecular weight excluding hydrogens is 415 g/mol. The Balaban J connectivity index is 1.34. The minimum absolute atomic E-state index is 0.154. The summed E-state index contributed by atoms with van der Waals surface area (Å²) >= 11 is 0. The third kappa shape index (κ3) is 3.97. The van der Waals surface area contributed by atoms with Crippen LogP contribution >= 0.6 is 0 Å². The maximum absolute atomic E-state index is 13.0. The van der Waals surface area contributed by atoms with Crippen molar-refractivity contribution < 1.29 is 14.1 Å². The molecule has 2 aliphatic heterocycles. The number of nitrogens with zero attached hydrogens (tertiary/aromatic N) is 3. The second kappa shape index (κ2) is 8.17. The first-order valence-electron chi connectivity index (χ1n) is 12.2. The largest absolute Gasteiger partial charge is 0.496 e. The average molecular weight is 450 g/mol. The molecule has 1 saturated heterocycles. The van der Waals surface area contributed by atoms with Crippen molar-refractivity contribution in [3.05, 3.63) is 30.1 Å². The molecule has 0 unspecified atom stereocenters. The van der Waals surface area contributed by atoms with Gasteiger partial charge in [-0.3, -0.25) is 0 Å². The molecule has 3 aliphatic rings. The quantitative estimate of drug-likeness (QED) is 0.720. The van der Waals surface area contributed by atoms with Crippen LogP contribution in [0.25, 0.3) is 16.6 Å². The van der Waals surface area contributed by atoms with Crippen LogP contribution in [-0.4, -0.2) is 70.3 Å². The van der Waals surface area contributed by atoms with Crippen molar-refractivity contribution in [3.63, 3.8) is 0 Å². The Morgan fingerprint density at radius 3 is 2.55 bits per heavy atom. The summed E-state index contributed by atoms with van der Waals surface area (Å²) in [4.78, 5) is 24.8. The molecule has 0 aromatic carbocycles. The van der Waals surface area contributed by atoms with Crippen molar-refractivity contribution >= 4 is 35.2 Å². The van der Waals surface area contributed by atoms with E-state index in [1.54, 1.807) is 0 Å². The Morgan fingerprint density at radius 1 is 1.21 bits per heavy atom. The smallest absolute Gasteiger partial charge is 0.399 e. The van der Waals surface area contributed by atoms with E-state index < -0.39 is 7.12 Å². The van der Waals surface area contributed by atoms with Crippen LogP contribution in [0.5, 0.6) is 0 Å². The first-order chi connectivity index (χ1) is 15.7. The van der Waals surface area contributed by atoms with Gasteiger partial charge in [0.2, 0.25) is 0 Å². The summed E-state index contributed by atoms with van der Waals surface area (Å²) in [6.45, 7) is 9.62. The monoisotopic (exact) mass is 450 g/mol. The summed E-state index contributed by atoms with van der Waals surface area (Å²) < 4.78 is 12.5. The number of aromatic amines is 1. The number of carbonyl (C=O) groups is 1. The SMILES string of the molecule is CN(C(=O)N1CC=C(c2c[nH]c3ncc(B4OC(C)(C)C(C)(C)O4)cc23)CC1)C1CCCC1. The number of nitrogens with one attached hydrogen (secondary N) is 1. The van der Waals surface area contributed by atoms with Gasteiger partial charge in [0, 0.05) is 55.0 Å². The lowest BCUT2D eigenvalue weighted by molar-refractivity contribution is 0.00578. The Morgan fingerprint density at radius 2 is 1.91 bits per heavy atom. The number of hydrogen-bond acceptors (Lipinski definition) is 4. The van der Waals surface area contributed by atoms with Gasteiger partial charge in [-0.1, -0.05) is 18.9 Å². The van der Waals surface area contributed by atoms with E-state index in [2.05, 4.69) is 49.8 Å². The number of urea groups is 1. The van der Waals surface area contributed by atoms with E-state index in [-0.39, 0.29) is 17.2 Å². The van der Waals surface area contributed by atoms with Crippen LogP contribution in [0, 0.1) is 0 Å². The number of carbonyl (C=O) groups excluding carboxylic acids is 1. The van der Waals surface area contributed by atoms with Gasteiger partial charge < -0.3 is 24.1 Å². The van der Waals surface area contributed by atoms with Crippen LogP contribution in [0.3, 0.4) is 0 Å². The Kier molecular flexibility index (Phi) is 5.56. The average Bonchev–Trinajstić information content (AvgIpc) is 3.51. The lowest BCUT2D eigenvalue weighted by Crippen LogP contribution is -2.46. The Bertz CT molecular complexity index is 1070. The minimum Gasteiger partial charge on any atom is -0.399 e. The zero-order valence-electron chi connectivity index (χ0n) is 20.5. The number of amides is 2. The lowest BCUT2D eigenvalue weighted by atomic mass is 9.79. The number of aromatic nitrogens is 2. The van der Waals surface area contributed by atoms with Crippen LogP contribution in [0.4, 0.5) is 4.79 Å². The molecule has 1 saturated carbocycles. The standard InChI is InChI=1S/C25H35BN4O3/c1-24(2)25(3,4)33-26(32-24)18-14-20-21(16-28-22(20)27-15-18)17-10-12-30(13-11-17)23(31)29(5)19-8-6-7-9-19/h10,14-16,19H,6-9,11-13H2,1-5H3,(H,27,28). The topological polar surface area (TPSA) is 70.7 Å². The van der Waals surface area contributed by atoms with Gasteiger partial charge in [0.15, 0.2) is 0 Å². The normalized spacial score (nSPS) is 22.8. The molecule has 0 spiro atoms. The van der Waals surface area contributed by atoms with E-state index >= 15 is 0 Å². The van der Waals surface area contributed by atoms with Crippen molar-refractivity contribution in [2.45, 2.75) is 77.0 Å². The summed E-state index contributed by atoms with van der Waals surface area (Å²) in [6, 6.07) is 2.68. The van der Waals surface area contributed by atoms with E-state index in [1.165, 1.54) is 18.4 Å². The number of fused-ring (bicyclic) bond motifs is 1. The van der Waals surface area contributed by atoms with Crippen molar-refractivity contribution in [1.82, 2.24) is 19.8 Å². The predicted octanol–water partition coefficient (Wildman–Crippen LogP) is 3.95. The van der Waals surface area contributed by atoms with Gasteiger partial charge in [-0.05, 0) is 58.6 Å². The molecule has 2 fully saturated rings. The van der Waals surface area contributed by atoms with Gasteiger partial charge in [0.25, 0.3) is 0 Å². The molecule has 176 valence electrons. The molecule has 1 N–H and O–H groups in total. The van der Waals surface area contributed by atoms with Gasteiger partial charge >= 0.3 is 13.1 Å². The highest BCUT2D eigenvalue weighted by Gasteiger charge is 2.51. The van der Waals surface area contributed by atoms with Crippen LogP contribution < -0.4 is 5.46 Å². The number of pyridine rings is 1. The first-order valence-corrected chi connectivity index (χ1v) is 12.2. The highest BCUT2D eigenvalue weighted by Crippen LogP contribution is 2.37. The van der Waals surface area contributed by atoms with Crippen LogP contribution in [0.15, 0.2) is 24.5 Å². The van der Waals surface area contributed by atoms with Gasteiger partial charge in [0.05, 0.1) is 11.2 Å². The molecule has 4 heterocycles. The summed E-state index contributed by atoms with van der Waals surface area (Å²) in [5.41, 5.74) is 3.40. The minimum atomic E-state index is -0.436. The predicted molar refractivity (Wildman–Crippen MR) is 131 cm³/mol. The molecule has 33 heavy (non-hydrogen) atoms. The Hall–Kier alpha value is -2.32. The molecule has 2 amide bonds. The molecule has 2 aromatic rings. The number of rotatable bonds is 3. The molecule has 7 nitrogen and oxygen atoms in total. The van der Waals surface area contributed by atoms with Crippen LogP contribution in [0.1, 0.15) is 65.4 Å². The van der Waals surface area contributed by atoms with E-state index in [1.807, 2.05) is 29.2 Å².